The molecular weight excluding hydrogens is 229 g/mol. The average Bonchev–Trinajstić information content (AvgIpc) is 2.64. The van der Waals surface area contributed by atoms with E-state index in [2.05, 4.69) is 17.2 Å². The van der Waals surface area contributed by atoms with E-state index in [0.29, 0.717) is 17.8 Å². The van der Waals surface area contributed by atoms with E-state index in [-0.39, 0.29) is 0 Å². The number of alkyl halides is 3. The molecule has 0 aliphatic heterocycles. The zero-order valence-electron chi connectivity index (χ0n) is 9.59. The molecule has 1 aromatic rings. The Morgan fingerprint density at radius 2 is 2.06 bits per heavy atom. The molecule has 0 radical (unpaired) electrons. The zero-order chi connectivity index (χ0) is 12.5. The minimum absolute atomic E-state index is 0.333. The van der Waals surface area contributed by atoms with Crippen molar-refractivity contribution in [2.24, 2.45) is 5.92 Å². The van der Waals surface area contributed by atoms with E-state index < -0.39 is 11.7 Å². The second-order valence-electron chi connectivity index (χ2n) is 4.59. The summed E-state index contributed by atoms with van der Waals surface area (Å²) in [5, 5.41) is 3.19. The Labute approximate surface area is 98.2 Å². The molecule has 1 aromatic heterocycles. The largest absolute Gasteiger partial charge is 0.417 e. The number of aromatic nitrogens is 1. The van der Waals surface area contributed by atoms with Crippen LogP contribution in [0, 0.1) is 5.92 Å². The highest BCUT2D eigenvalue weighted by Crippen LogP contribution is 2.30. The van der Waals surface area contributed by atoms with E-state index in [4.69, 9.17) is 0 Å². The molecule has 2 rings (SSSR count). The first-order chi connectivity index (χ1) is 7.97. The number of nitrogens with zero attached hydrogens (tertiary/aromatic N) is 1. The molecule has 1 N–H and O–H groups in total. The first-order valence-electron chi connectivity index (χ1n) is 5.76. The second-order valence-corrected chi connectivity index (χ2v) is 4.59. The van der Waals surface area contributed by atoms with Crippen LogP contribution >= 0.6 is 0 Å². The van der Waals surface area contributed by atoms with Gasteiger partial charge in [-0.05, 0) is 30.9 Å². The summed E-state index contributed by atoms with van der Waals surface area (Å²) in [6.45, 7) is 2.15. The maximum Gasteiger partial charge on any atom is 0.417 e. The Kier molecular flexibility index (Phi) is 3.26. The lowest BCUT2D eigenvalue weighted by atomic mass is 10.1. The lowest BCUT2D eigenvalue weighted by molar-refractivity contribution is -0.137. The standard InChI is InChI=1S/C12H15F3N2/c1-8-3-2-4-10(8)17-11-6-5-9(7-16-11)12(13,14)15/h5-8,10H,2-4H2,1H3,(H,16,17). The van der Waals surface area contributed by atoms with Crippen molar-refractivity contribution in [1.82, 2.24) is 4.98 Å². The molecule has 1 aliphatic carbocycles. The molecule has 1 heterocycles. The minimum atomic E-state index is -4.31. The van der Waals surface area contributed by atoms with Gasteiger partial charge in [-0.3, -0.25) is 0 Å². The zero-order valence-corrected chi connectivity index (χ0v) is 9.59. The molecule has 1 aliphatic rings. The van der Waals surface area contributed by atoms with Crippen molar-refractivity contribution in [3.8, 4) is 0 Å². The summed E-state index contributed by atoms with van der Waals surface area (Å²) in [7, 11) is 0. The van der Waals surface area contributed by atoms with Crippen molar-refractivity contribution in [3.05, 3.63) is 23.9 Å². The van der Waals surface area contributed by atoms with Crippen LogP contribution in [0.15, 0.2) is 18.3 Å². The van der Waals surface area contributed by atoms with Crippen molar-refractivity contribution in [3.63, 3.8) is 0 Å². The number of nitrogens with one attached hydrogen (secondary N) is 1. The highest BCUT2D eigenvalue weighted by molar-refractivity contribution is 5.37. The smallest absolute Gasteiger partial charge is 0.367 e. The van der Waals surface area contributed by atoms with E-state index in [9.17, 15) is 13.2 Å². The van der Waals surface area contributed by atoms with Crippen molar-refractivity contribution in [2.45, 2.75) is 38.4 Å². The molecule has 2 unspecified atom stereocenters. The summed E-state index contributed by atoms with van der Waals surface area (Å²) in [6.07, 6.45) is -0.0459. The number of hydrogen-bond donors (Lipinski definition) is 1. The Balaban J connectivity index is 2.03. The van der Waals surface area contributed by atoms with Crippen molar-refractivity contribution in [1.29, 1.82) is 0 Å². The van der Waals surface area contributed by atoms with E-state index in [0.717, 1.165) is 25.1 Å². The molecule has 5 heteroatoms. The van der Waals surface area contributed by atoms with Crippen LogP contribution < -0.4 is 5.32 Å². The molecular formula is C12H15F3N2. The monoisotopic (exact) mass is 244 g/mol. The van der Waals surface area contributed by atoms with Crippen LogP contribution in [0.1, 0.15) is 31.7 Å². The fourth-order valence-corrected chi connectivity index (χ4v) is 2.20. The number of hydrogen-bond acceptors (Lipinski definition) is 2. The summed E-state index contributed by atoms with van der Waals surface area (Å²) in [5.41, 5.74) is -0.706. The third-order valence-electron chi connectivity index (χ3n) is 3.29. The second kappa shape index (κ2) is 4.55. The Hall–Kier alpha value is -1.26. The van der Waals surface area contributed by atoms with Crippen molar-refractivity contribution in [2.75, 3.05) is 5.32 Å². The maximum absolute atomic E-state index is 12.3. The fraction of sp³-hybridized carbons (Fsp3) is 0.583. The first kappa shape index (κ1) is 12.2. The van der Waals surface area contributed by atoms with Crippen LogP contribution in [0.5, 0.6) is 0 Å². The molecule has 0 aromatic carbocycles. The molecule has 2 nitrogen and oxygen atoms in total. The predicted molar refractivity (Wildman–Crippen MR) is 59.7 cm³/mol. The molecule has 0 spiro atoms. The van der Waals surface area contributed by atoms with E-state index in [1.165, 1.54) is 12.5 Å². The highest BCUT2D eigenvalue weighted by atomic mass is 19.4. The third-order valence-corrected chi connectivity index (χ3v) is 3.29. The quantitative estimate of drug-likeness (QED) is 0.858. The lowest BCUT2D eigenvalue weighted by Crippen LogP contribution is -2.22. The summed E-state index contributed by atoms with van der Waals surface area (Å²) >= 11 is 0. The number of anilines is 1. The number of halogens is 3. The summed E-state index contributed by atoms with van der Waals surface area (Å²) in [4.78, 5) is 3.81. The van der Waals surface area contributed by atoms with Gasteiger partial charge in [-0.25, -0.2) is 4.98 Å². The highest BCUT2D eigenvalue weighted by Gasteiger charge is 2.31. The van der Waals surface area contributed by atoms with Gasteiger partial charge in [0.1, 0.15) is 5.82 Å². The number of pyridine rings is 1. The molecule has 0 saturated heterocycles. The van der Waals surface area contributed by atoms with E-state index in [1.807, 2.05) is 0 Å². The van der Waals surface area contributed by atoms with Crippen LogP contribution in [-0.2, 0) is 6.18 Å². The van der Waals surface area contributed by atoms with Crippen LogP contribution in [0.25, 0.3) is 0 Å². The molecule has 94 valence electrons. The lowest BCUT2D eigenvalue weighted by Gasteiger charge is -2.18. The van der Waals surface area contributed by atoms with Gasteiger partial charge < -0.3 is 5.32 Å². The molecule has 0 bridgehead atoms. The van der Waals surface area contributed by atoms with Crippen LogP contribution in [-0.4, -0.2) is 11.0 Å². The Morgan fingerprint density at radius 1 is 1.29 bits per heavy atom. The van der Waals surface area contributed by atoms with Gasteiger partial charge in [-0.15, -0.1) is 0 Å². The van der Waals surface area contributed by atoms with Gasteiger partial charge in [0.2, 0.25) is 0 Å². The SMILES string of the molecule is CC1CCCC1Nc1ccc(C(F)(F)F)cn1. The van der Waals surface area contributed by atoms with E-state index >= 15 is 0 Å². The third kappa shape index (κ3) is 2.90. The van der Waals surface area contributed by atoms with Gasteiger partial charge in [0.05, 0.1) is 5.56 Å². The van der Waals surface area contributed by atoms with Crippen LogP contribution in [0.3, 0.4) is 0 Å². The summed E-state index contributed by atoms with van der Waals surface area (Å²) < 4.78 is 37.0. The molecule has 0 amide bonds. The van der Waals surface area contributed by atoms with E-state index in [1.54, 1.807) is 0 Å². The van der Waals surface area contributed by atoms with Crippen molar-refractivity contribution < 1.29 is 13.2 Å². The molecule has 1 fully saturated rings. The van der Waals surface area contributed by atoms with Crippen LogP contribution in [0.4, 0.5) is 19.0 Å². The van der Waals surface area contributed by atoms with Gasteiger partial charge in [0.25, 0.3) is 0 Å². The molecule has 1 saturated carbocycles. The number of rotatable bonds is 2. The minimum Gasteiger partial charge on any atom is -0.367 e. The summed E-state index contributed by atoms with van der Waals surface area (Å²) in [6, 6.07) is 2.79. The van der Waals surface area contributed by atoms with Gasteiger partial charge >= 0.3 is 6.18 Å². The van der Waals surface area contributed by atoms with Gasteiger partial charge in [-0.1, -0.05) is 13.3 Å². The molecule has 2 atom stereocenters. The summed E-state index contributed by atoms with van der Waals surface area (Å²) in [5.74, 6) is 1.08. The van der Waals surface area contributed by atoms with Gasteiger partial charge in [0, 0.05) is 12.2 Å². The molecule has 17 heavy (non-hydrogen) atoms. The normalized spacial score (nSPS) is 24.9. The predicted octanol–water partition coefficient (Wildman–Crippen LogP) is 3.70. The maximum atomic E-state index is 12.3. The Morgan fingerprint density at radius 3 is 2.53 bits per heavy atom. The topological polar surface area (TPSA) is 24.9 Å². The first-order valence-corrected chi connectivity index (χ1v) is 5.76. The average molecular weight is 244 g/mol. The van der Waals surface area contributed by atoms with Gasteiger partial charge in [0.15, 0.2) is 0 Å². The fourth-order valence-electron chi connectivity index (χ4n) is 2.20. The van der Waals surface area contributed by atoms with Crippen LogP contribution in [0.2, 0.25) is 0 Å². The van der Waals surface area contributed by atoms with Gasteiger partial charge in [-0.2, -0.15) is 13.2 Å². The Bertz CT molecular complexity index is 372. The van der Waals surface area contributed by atoms with Crippen molar-refractivity contribution >= 4 is 5.82 Å².